The lowest BCUT2D eigenvalue weighted by Gasteiger charge is -2.15. The molecular formula is C25H22FN3O3. The van der Waals surface area contributed by atoms with Gasteiger partial charge in [-0.25, -0.2) is 4.39 Å². The lowest BCUT2D eigenvalue weighted by Crippen LogP contribution is -2.31. The van der Waals surface area contributed by atoms with E-state index < -0.39 is 11.7 Å². The van der Waals surface area contributed by atoms with Crippen molar-refractivity contribution in [3.63, 3.8) is 0 Å². The summed E-state index contributed by atoms with van der Waals surface area (Å²) in [7, 11) is 1.53. The number of carbonyl (C=O) groups excluding carboxylic acids is 1. The first-order valence-electron chi connectivity index (χ1n) is 10.1. The molecule has 0 aliphatic carbocycles. The predicted molar refractivity (Wildman–Crippen MR) is 124 cm³/mol. The highest BCUT2D eigenvalue weighted by Crippen LogP contribution is 2.21. The summed E-state index contributed by atoms with van der Waals surface area (Å²) in [6.45, 7) is 0.0236. The average molecular weight is 431 g/mol. The maximum absolute atomic E-state index is 13.9. The number of para-hydroxylation sites is 2. The maximum atomic E-state index is 13.9. The van der Waals surface area contributed by atoms with Gasteiger partial charge < -0.3 is 15.4 Å². The Kier molecular flexibility index (Phi) is 6.17. The zero-order valence-electron chi connectivity index (χ0n) is 17.5. The second kappa shape index (κ2) is 9.34. The third-order valence-electron chi connectivity index (χ3n) is 5.08. The molecule has 7 heteroatoms. The minimum atomic E-state index is -0.541. The highest BCUT2D eigenvalue weighted by molar-refractivity contribution is 5.92. The van der Waals surface area contributed by atoms with Crippen LogP contribution in [-0.4, -0.2) is 17.6 Å². The lowest BCUT2D eigenvalue weighted by molar-refractivity contribution is -0.116. The van der Waals surface area contributed by atoms with E-state index in [1.165, 1.54) is 23.8 Å². The largest absolute Gasteiger partial charge is 0.497 e. The van der Waals surface area contributed by atoms with Gasteiger partial charge in [0.2, 0.25) is 5.91 Å². The lowest BCUT2D eigenvalue weighted by atomic mass is 10.1. The molecule has 0 fully saturated rings. The van der Waals surface area contributed by atoms with Gasteiger partial charge in [0.1, 0.15) is 18.1 Å². The van der Waals surface area contributed by atoms with E-state index in [0.717, 1.165) is 11.1 Å². The summed E-state index contributed by atoms with van der Waals surface area (Å²) in [5.74, 6) is -0.481. The normalized spacial score (nSPS) is 10.7. The van der Waals surface area contributed by atoms with E-state index in [-0.39, 0.29) is 17.8 Å². The number of amides is 1. The number of nitrogens with one attached hydrogen (secondary N) is 2. The van der Waals surface area contributed by atoms with Crippen LogP contribution in [0.4, 0.5) is 15.8 Å². The summed E-state index contributed by atoms with van der Waals surface area (Å²) >= 11 is 0. The Balaban J connectivity index is 1.69. The van der Waals surface area contributed by atoms with Crippen LogP contribution in [0.5, 0.6) is 5.75 Å². The van der Waals surface area contributed by atoms with E-state index in [9.17, 15) is 14.0 Å². The van der Waals surface area contributed by atoms with Crippen LogP contribution in [0.3, 0.4) is 0 Å². The number of hydrogen-bond acceptors (Lipinski definition) is 4. The molecule has 1 aromatic heterocycles. The van der Waals surface area contributed by atoms with E-state index in [4.69, 9.17) is 4.74 Å². The quantitative estimate of drug-likeness (QED) is 0.455. The molecule has 162 valence electrons. The number of halogens is 1. The van der Waals surface area contributed by atoms with Crippen molar-refractivity contribution < 1.29 is 13.9 Å². The van der Waals surface area contributed by atoms with Crippen molar-refractivity contribution in [3.05, 3.63) is 101 Å². The smallest absolute Gasteiger partial charge is 0.256 e. The van der Waals surface area contributed by atoms with Crippen molar-refractivity contribution >= 4 is 28.2 Å². The Morgan fingerprint density at radius 3 is 2.50 bits per heavy atom. The number of fused-ring (bicyclic) bond motifs is 1. The molecule has 0 spiro atoms. The summed E-state index contributed by atoms with van der Waals surface area (Å²) in [5, 5.41) is 6.55. The number of benzene rings is 3. The van der Waals surface area contributed by atoms with Crippen molar-refractivity contribution in [3.8, 4) is 5.75 Å². The summed E-state index contributed by atoms with van der Waals surface area (Å²) in [6.07, 6.45) is 0. The number of ether oxygens (including phenoxy) is 1. The molecule has 0 unspecified atom stereocenters. The van der Waals surface area contributed by atoms with Crippen LogP contribution in [0.1, 0.15) is 5.56 Å². The van der Waals surface area contributed by atoms with Gasteiger partial charge in [0.05, 0.1) is 18.3 Å². The zero-order chi connectivity index (χ0) is 22.5. The minimum absolute atomic E-state index is 0.0642. The first-order chi connectivity index (χ1) is 15.5. The summed E-state index contributed by atoms with van der Waals surface area (Å²) in [6, 6.07) is 22.6. The van der Waals surface area contributed by atoms with Crippen molar-refractivity contribution in [1.29, 1.82) is 0 Å². The number of methoxy groups -OCH3 is 1. The second-order valence-corrected chi connectivity index (χ2v) is 7.23. The fourth-order valence-corrected chi connectivity index (χ4v) is 3.47. The van der Waals surface area contributed by atoms with Crippen molar-refractivity contribution in [1.82, 2.24) is 4.57 Å². The van der Waals surface area contributed by atoms with Gasteiger partial charge in [0.15, 0.2) is 0 Å². The SMILES string of the molecule is COc1ccc2cc(CNc3ccccc3)c(=O)n(CC(=O)Nc3ccccc3F)c2c1. The van der Waals surface area contributed by atoms with Gasteiger partial charge in [-0.15, -0.1) is 0 Å². The summed E-state index contributed by atoms with van der Waals surface area (Å²) in [5.41, 5.74) is 1.70. The van der Waals surface area contributed by atoms with E-state index in [2.05, 4.69) is 10.6 Å². The first kappa shape index (κ1) is 21.1. The molecule has 0 saturated heterocycles. The standard InChI is InChI=1S/C25H22FN3O3/c1-32-20-12-11-17-13-18(15-27-19-7-3-2-4-8-19)25(31)29(23(17)14-20)16-24(30)28-22-10-6-5-9-21(22)26/h2-14,27H,15-16H2,1H3,(H,28,30). The Morgan fingerprint density at radius 2 is 1.75 bits per heavy atom. The number of anilines is 2. The van der Waals surface area contributed by atoms with Crippen LogP contribution in [-0.2, 0) is 17.9 Å². The Labute approximate surface area is 184 Å². The molecule has 1 heterocycles. The number of hydrogen-bond donors (Lipinski definition) is 2. The van der Waals surface area contributed by atoms with Crippen LogP contribution >= 0.6 is 0 Å². The van der Waals surface area contributed by atoms with E-state index in [0.29, 0.717) is 23.4 Å². The number of carbonyl (C=O) groups is 1. The maximum Gasteiger partial charge on any atom is 0.256 e. The molecule has 4 aromatic rings. The molecule has 3 aromatic carbocycles. The van der Waals surface area contributed by atoms with Crippen LogP contribution in [0, 0.1) is 5.82 Å². The van der Waals surface area contributed by atoms with Crippen molar-refractivity contribution in [2.75, 3.05) is 17.7 Å². The van der Waals surface area contributed by atoms with Gasteiger partial charge in [-0.2, -0.15) is 0 Å². The van der Waals surface area contributed by atoms with E-state index in [1.54, 1.807) is 30.3 Å². The van der Waals surface area contributed by atoms with Gasteiger partial charge in [-0.1, -0.05) is 30.3 Å². The molecule has 32 heavy (non-hydrogen) atoms. The Hall–Kier alpha value is -4.13. The van der Waals surface area contributed by atoms with Crippen LogP contribution in [0.15, 0.2) is 83.7 Å². The predicted octanol–water partition coefficient (Wildman–Crippen LogP) is 4.40. The molecule has 0 saturated carbocycles. The van der Waals surface area contributed by atoms with Crippen molar-refractivity contribution in [2.45, 2.75) is 13.1 Å². The molecule has 1 amide bonds. The zero-order valence-corrected chi connectivity index (χ0v) is 17.5. The van der Waals surface area contributed by atoms with Gasteiger partial charge >= 0.3 is 0 Å². The third kappa shape index (κ3) is 4.62. The van der Waals surface area contributed by atoms with Gasteiger partial charge in [0.25, 0.3) is 5.56 Å². The van der Waals surface area contributed by atoms with Crippen LogP contribution in [0.2, 0.25) is 0 Å². The number of pyridine rings is 1. The van der Waals surface area contributed by atoms with E-state index >= 15 is 0 Å². The fraction of sp³-hybridized carbons (Fsp3) is 0.120. The molecule has 0 atom stereocenters. The molecule has 0 aliphatic rings. The molecular weight excluding hydrogens is 409 g/mol. The Bertz CT molecular complexity index is 1320. The highest BCUT2D eigenvalue weighted by Gasteiger charge is 2.14. The van der Waals surface area contributed by atoms with Gasteiger partial charge in [0, 0.05) is 23.9 Å². The van der Waals surface area contributed by atoms with Crippen LogP contribution < -0.4 is 20.9 Å². The summed E-state index contributed by atoms with van der Waals surface area (Å²) in [4.78, 5) is 26.0. The first-order valence-corrected chi connectivity index (χ1v) is 10.1. The molecule has 0 aliphatic heterocycles. The monoisotopic (exact) mass is 431 g/mol. The average Bonchev–Trinajstić information content (AvgIpc) is 2.81. The van der Waals surface area contributed by atoms with Crippen molar-refractivity contribution in [2.24, 2.45) is 0 Å². The number of aromatic nitrogens is 1. The second-order valence-electron chi connectivity index (χ2n) is 7.23. The summed E-state index contributed by atoms with van der Waals surface area (Å²) < 4.78 is 20.6. The minimum Gasteiger partial charge on any atom is -0.497 e. The number of rotatable bonds is 7. The Morgan fingerprint density at radius 1 is 1.00 bits per heavy atom. The van der Waals surface area contributed by atoms with Crippen LogP contribution in [0.25, 0.3) is 10.9 Å². The highest BCUT2D eigenvalue weighted by atomic mass is 19.1. The molecule has 0 bridgehead atoms. The number of nitrogens with zero attached hydrogens (tertiary/aromatic N) is 1. The molecule has 6 nitrogen and oxygen atoms in total. The molecule has 4 rings (SSSR count). The fourth-order valence-electron chi connectivity index (χ4n) is 3.47. The molecule has 0 radical (unpaired) electrons. The van der Waals surface area contributed by atoms with Gasteiger partial charge in [-0.05, 0) is 47.9 Å². The van der Waals surface area contributed by atoms with E-state index in [1.807, 2.05) is 36.4 Å². The van der Waals surface area contributed by atoms with Gasteiger partial charge in [-0.3, -0.25) is 14.2 Å². The molecule has 2 N–H and O–H groups in total. The topological polar surface area (TPSA) is 72.4 Å². The third-order valence-corrected chi connectivity index (χ3v) is 5.08.